The van der Waals surface area contributed by atoms with Gasteiger partial charge in [0.1, 0.15) is 12.4 Å². The lowest BCUT2D eigenvalue weighted by Crippen LogP contribution is -2.02. The summed E-state index contributed by atoms with van der Waals surface area (Å²) >= 11 is 5.72. The van der Waals surface area contributed by atoms with Crippen molar-refractivity contribution in [3.05, 3.63) is 58.4 Å². The predicted octanol–water partition coefficient (Wildman–Crippen LogP) is 3.53. The second-order valence-corrected chi connectivity index (χ2v) is 4.60. The van der Waals surface area contributed by atoms with E-state index in [1.165, 1.54) is 6.07 Å². The fraction of sp³-hybridized carbons (Fsp3) is 0.200. The molecule has 106 valence electrons. The van der Waals surface area contributed by atoms with Crippen LogP contribution in [0, 0.1) is 5.82 Å². The summed E-state index contributed by atoms with van der Waals surface area (Å²) in [4.78, 5) is 0. The Kier molecular flexibility index (Phi) is 4.82. The van der Waals surface area contributed by atoms with Gasteiger partial charge in [-0.2, -0.15) is 0 Å². The van der Waals surface area contributed by atoms with E-state index in [1.807, 2.05) is 6.07 Å². The number of halogens is 2. The minimum Gasteiger partial charge on any atom is -0.493 e. The van der Waals surface area contributed by atoms with Crippen molar-refractivity contribution in [1.29, 1.82) is 0 Å². The van der Waals surface area contributed by atoms with Gasteiger partial charge >= 0.3 is 0 Å². The number of hydrogen-bond acceptors (Lipinski definition) is 3. The molecule has 0 aliphatic carbocycles. The summed E-state index contributed by atoms with van der Waals surface area (Å²) in [7, 11) is 1.54. The number of benzene rings is 2. The molecule has 2 aromatic rings. The molecule has 0 atom stereocenters. The molecule has 2 N–H and O–H groups in total. The molecule has 0 aliphatic rings. The Labute approximate surface area is 122 Å². The molecule has 2 aromatic carbocycles. The molecule has 3 nitrogen and oxygen atoms in total. The van der Waals surface area contributed by atoms with Gasteiger partial charge in [0.2, 0.25) is 0 Å². The van der Waals surface area contributed by atoms with Gasteiger partial charge in [-0.15, -0.1) is 0 Å². The highest BCUT2D eigenvalue weighted by Gasteiger charge is 2.09. The smallest absolute Gasteiger partial charge is 0.161 e. The maximum Gasteiger partial charge on any atom is 0.161 e. The van der Waals surface area contributed by atoms with Gasteiger partial charge in [-0.25, -0.2) is 4.39 Å². The molecule has 0 spiro atoms. The minimum absolute atomic E-state index is 0.0741. The molecule has 0 aromatic heterocycles. The Morgan fingerprint density at radius 1 is 1.20 bits per heavy atom. The van der Waals surface area contributed by atoms with Gasteiger partial charge < -0.3 is 15.2 Å². The van der Waals surface area contributed by atoms with Crippen LogP contribution in [-0.4, -0.2) is 7.11 Å². The Balaban J connectivity index is 2.16. The van der Waals surface area contributed by atoms with Crippen LogP contribution in [0.1, 0.15) is 11.1 Å². The number of rotatable bonds is 5. The molecular weight excluding hydrogens is 281 g/mol. The van der Waals surface area contributed by atoms with Crippen LogP contribution in [0.3, 0.4) is 0 Å². The molecule has 0 saturated carbocycles. The van der Waals surface area contributed by atoms with Crippen LogP contribution in [0.15, 0.2) is 36.4 Å². The van der Waals surface area contributed by atoms with Crippen LogP contribution < -0.4 is 15.2 Å². The standard InChI is InChI=1S/C15H15ClFNO2/c1-19-14-7-10(8-18)5-6-13(14)20-9-11-3-2-4-12(16)15(11)17/h2-7H,8-9,18H2,1H3. The Morgan fingerprint density at radius 3 is 2.70 bits per heavy atom. The number of methoxy groups -OCH3 is 1. The predicted molar refractivity (Wildman–Crippen MR) is 76.6 cm³/mol. The van der Waals surface area contributed by atoms with Gasteiger partial charge in [0, 0.05) is 12.1 Å². The topological polar surface area (TPSA) is 44.5 Å². The lowest BCUT2D eigenvalue weighted by atomic mass is 10.2. The number of hydrogen-bond donors (Lipinski definition) is 1. The van der Waals surface area contributed by atoms with E-state index < -0.39 is 5.82 Å². The lowest BCUT2D eigenvalue weighted by Gasteiger charge is -2.12. The molecule has 5 heteroatoms. The zero-order chi connectivity index (χ0) is 14.5. The van der Waals surface area contributed by atoms with Crippen LogP contribution in [-0.2, 0) is 13.2 Å². The summed E-state index contributed by atoms with van der Waals surface area (Å²) < 4.78 is 24.6. The van der Waals surface area contributed by atoms with Crippen molar-refractivity contribution < 1.29 is 13.9 Å². The van der Waals surface area contributed by atoms with Crippen molar-refractivity contribution in [2.24, 2.45) is 5.73 Å². The van der Waals surface area contributed by atoms with E-state index in [9.17, 15) is 4.39 Å². The van der Waals surface area contributed by atoms with Crippen LogP contribution >= 0.6 is 11.6 Å². The third-order valence-corrected chi connectivity index (χ3v) is 3.17. The number of nitrogens with two attached hydrogens (primary N) is 1. The van der Waals surface area contributed by atoms with Gasteiger partial charge in [0.05, 0.1) is 12.1 Å². The third-order valence-electron chi connectivity index (χ3n) is 2.88. The molecule has 0 unspecified atom stereocenters. The summed E-state index contributed by atoms with van der Waals surface area (Å²) in [6, 6.07) is 10.2. The first-order valence-corrected chi connectivity index (χ1v) is 6.46. The van der Waals surface area contributed by atoms with E-state index in [0.717, 1.165) is 5.56 Å². The monoisotopic (exact) mass is 295 g/mol. The second-order valence-electron chi connectivity index (χ2n) is 4.19. The summed E-state index contributed by atoms with van der Waals surface area (Å²) in [6.45, 7) is 0.490. The molecule has 0 amide bonds. The van der Waals surface area contributed by atoms with Gasteiger partial charge in [-0.1, -0.05) is 29.8 Å². The molecule has 0 radical (unpaired) electrons. The van der Waals surface area contributed by atoms with Gasteiger partial charge in [-0.05, 0) is 23.8 Å². The summed E-state index contributed by atoms with van der Waals surface area (Å²) in [5.74, 6) is 0.631. The lowest BCUT2D eigenvalue weighted by molar-refractivity contribution is 0.279. The highest BCUT2D eigenvalue weighted by Crippen LogP contribution is 2.29. The molecule has 20 heavy (non-hydrogen) atoms. The fourth-order valence-corrected chi connectivity index (χ4v) is 1.97. The molecule has 2 rings (SSSR count). The summed E-state index contributed by atoms with van der Waals surface area (Å²) in [5, 5.41) is 0.0801. The van der Waals surface area contributed by atoms with Crippen molar-refractivity contribution in [1.82, 2.24) is 0 Å². The first-order chi connectivity index (χ1) is 9.65. The third kappa shape index (κ3) is 3.21. The van der Waals surface area contributed by atoms with Gasteiger partial charge in [0.15, 0.2) is 11.5 Å². The van der Waals surface area contributed by atoms with Crippen molar-refractivity contribution in [3.63, 3.8) is 0 Å². The van der Waals surface area contributed by atoms with Crippen LogP contribution in [0.4, 0.5) is 4.39 Å². The Hall–Kier alpha value is -1.78. The highest BCUT2D eigenvalue weighted by atomic mass is 35.5. The first-order valence-electron chi connectivity index (χ1n) is 6.08. The molecule has 0 heterocycles. The summed E-state index contributed by atoms with van der Waals surface area (Å²) in [6.07, 6.45) is 0. The zero-order valence-electron chi connectivity index (χ0n) is 11.0. The van der Waals surface area contributed by atoms with Crippen molar-refractivity contribution in [3.8, 4) is 11.5 Å². The average Bonchev–Trinajstić information content (AvgIpc) is 2.48. The van der Waals surface area contributed by atoms with Gasteiger partial charge in [0.25, 0.3) is 0 Å². The van der Waals surface area contributed by atoms with Crippen LogP contribution in [0.25, 0.3) is 0 Å². The minimum atomic E-state index is -0.466. The first kappa shape index (κ1) is 14.6. The number of ether oxygens (including phenoxy) is 2. The Morgan fingerprint density at radius 2 is 2.00 bits per heavy atom. The van der Waals surface area contributed by atoms with Crippen LogP contribution in [0.2, 0.25) is 5.02 Å². The van der Waals surface area contributed by atoms with E-state index in [1.54, 1.807) is 31.4 Å². The second kappa shape index (κ2) is 6.59. The van der Waals surface area contributed by atoms with Crippen LogP contribution in [0.5, 0.6) is 11.5 Å². The van der Waals surface area contributed by atoms with E-state index in [0.29, 0.717) is 23.6 Å². The van der Waals surface area contributed by atoms with Crippen molar-refractivity contribution >= 4 is 11.6 Å². The summed E-state index contributed by atoms with van der Waals surface area (Å²) in [5.41, 5.74) is 6.89. The molecular formula is C15H15ClFNO2. The van der Waals surface area contributed by atoms with Crippen molar-refractivity contribution in [2.75, 3.05) is 7.11 Å². The maximum atomic E-state index is 13.7. The quantitative estimate of drug-likeness (QED) is 0.918. The Bertz CT molecular complexity index is 604. The van der Waals surface area contributed by atoms with E-state index in [2.05, 4.69) is 0 Å². The zero-order valence-corrected chi connectivity index (χ0v) is 11.8. The molecule has 0 aliphatic heterocycles. The molecule has 0 bridgehead atoms. The maximum absolute atomic E-state index is 13.7. The molecule has 0 saturated heterocycles. The van der Waals surface area contributed by atoms with E-state index in [4.69, 9.17) is 26.8 Å². The van der Waals surface area contributed by atoms with Gasteiger partial charge in [-0.3, -0.25) is 0 Å². The molecule has 0 fully saturated rings. The van der Waals surface area contributed by atoms with E-state index in [-0.39, 0.29) is 11.6 Å². The van der Waals surface area contributed by atoms with E-state index >= 15 is 0 Å². The highest BCUT2D eigenvalue weighted by molar-refractivity contribution is 6.30. The fourth-order valence-electron chi connectivity index (χ4n) is 1.77. The van der Waals surface area contributed by atoms with Crippen molar-refractivity contribution in [2.45, 2.75) is 13.2 Å². The average molecular weight is 296 g/mol. The SMILES string of the molecule is COc1cc(CN)ccc1OCc1cccc(Cl)c1F. The normalized spacial score (nSPS) is 10.4. The largest absolute Gasteiger partial charge is 0.493 e.